The van der Waals surface area contributed by atoms with Crippen LogP contribution in [0.25, 0.3) is 66.6 Å². The lowest BCUT2D eigenvalue weighted by Crippen LogP contribution is -2.15. The molecule has 0 unspecified atom stereocenters. The van der Waals surface area contributed by atoms with E-state index in [2.05, 4.69) is 10.9 Å². The number of furan rings is 1. The molecule has 2 aromatic carbocycles. The Morgan fingerprint density at radius 3 is 1.70 bits per heavy atom. The molecule has 8 rings (SSSR count). The molecule has 0 saturated heterocycles. The number of nitrogens with zero attached hydrogens (tertiary/aromatic N) is 6. The normalized spacial score (nSPS) is 11.1. The first-order valence-corrected chi connectivity index (χ1v) is 15.1. The fourth-order valence-corrected chi connectivity index (χ4v) is 5.89. The monoisotopic (exact) mass is 618 g/mol. The number of pyridine rings is 2. The van der Waals surface area contributed by atoms with Gasteiger partial charge in [-0.1, -0.05) is 60.7 Å². The summed E-state index contributed by atoms with van der Waals surface area (Å²) in [4.78, 5) is 41.7. The predicted molar refractivity (Wildman–Crippen MR) is 179 cm³/mol. The molecule has 8 aromatic rings. The van der Waals surface area contributed by atoms with Crippen molar-refractivity contribution in [2.75, 3.05) is 10.9 Å². The molecule has 0 radical (unpaired) electrons. The number of rotatable bonds is 8. The number of benzene rings is 2. The third kappa shape index (κ3) is 5.20. The van der Waals surface area contributed by atoms with E-state index in [0.717, 1.165) is 28.0 Å². The van der Waals surface area contributed by atoms with Crippen LogP contribution in [0.15, 0.2) is 120 Å². The first-order valence-electron chi connectivity index (χ1n) is 14.3. The molecule has 0 amide bonds. The molecule has 0 fully saturated rings. The zero-order chi connectivity index (χ0) is 30.9. The Balaban J connectivity index is 1.18. The fourth-order valence-electron chi connectivity index (χ4n) is 5.10. The Morgan fingerprint density at radius 2 is 1.15 bits per heavy atom. The largest absolute Gasteiger partial charge is 0.463 e. The van der Waals surface area contributed by atoms with E-state index in [1.54, 1.807) is 12.3 Å². The Kier molecular flexibility index (Phi) is 6.89. The number of anilines is 2. The summed E-state index contributed by atoms with van der Waals surface area (Å²) in [7, 11) is 0. The number of hydrogen-bond acceptors (Lipinski definition) is 11. The topological polar surface area (TPSA) is 132 Å². The summed E-state index contributed by atoms with van der Waals surface area (Å²) in [6, 6.07) is 34.6. The molecule has 6 heterocycles. The number of fused-ring (bicyclic) bond motifs is 2. The van der Waals surface area contributed by atoms with Crippen molar-refractivity contribution in [3.8, 4) is 44.5 Å². The first-order chi connectivity index (χ1) is 22.7. The number of hydrogen-bond donors (Lipinski definition) is 2. The maximum Gasteiger partial charge on any atom is 0.243 e. The van der Waals surface area contributed by atoms with E-state index < -0.39 is 0 Å². The molecule has 6 aromatic heterocycles. The summed E-state index contributed by atoms with van der Waals surface area (Å²) in [5.41, 5.74) is 13.3. The SMILES string of the molecule is O=Cc1ccc(-c2ccc3nc(NNc4nc(-c5ccccc5)c5nc(-c6ccco6)ccc5n4)nc(-c4ccccc4)c3n2)s1. The lowest BCUT2D eigenvalue weighted by molar-refractivity contribution is 0.112. The zero-order valence-electron chi connectivity index (χ0n) is 24.0. The Hall–Kier alpha value is -6.33. The molecule has 0 atom stereocenters. The van der Waals surface area contributed by atoms with Crippen LogP contribution in [-0.2, 0) is 0 Å². The van der Waals surface area contributed by atoms with Crippen LogP contribution in [0.2, 0.25) is 0 Å². The van der Waals surface area contributed by atoms with Crippen molar-refractivity contribution in [2.45, 2.75) is 0 Å². The summed E-state index contributed by atoms with van der Waals surface area (Å²) in [5.74, 6) is 1.30. The van der Waals surface area contributed by atoms with Crippen molar-refractivity contribution in [2.24, 2.45) is 0 Å². The Morgan fingerprint density at radius 1 is 0.565 bits per heavy atom. The van der Waals surface area contributed by atoms with E-state index in [1.165, 1.54) is 11.3 Å². The summed E-state index contributed by atoms with van der Waals surface area (Å²) in [6.07, 6.45) is 2.46. The van der Waals surface area contributed by atoms with Crippen LogP contribution in [0.5, 0.6) is 0 Å². The average molecular weight is 619 g/mol. The van der Waals surface area contributed by atoms with E-state index in [9.17, 15) is 4.79 Å². The third-order valence-electron chi connectivity index (χ3n) is 7.23. The molecule has 0 aliphatic rings. The average Bonchev–Trinajstić information content (AvgIpc) is 3.84. The van der Waals surface area contributed by atoms with Gasteiger partial charge in [0.15, 0.2) is 12.0 Å². The smallest absolute Gasteiger partial charge is 0.243 e. The minimum Gasteiger partial charge on any atom is -0.463 e. The van der Waals surface area contributed by atoms with Crippen molar-refractivity contribution >= 4 is 51.6 Å². The number of thiophene rings is 1. The summed E-state index contributed by atoms with van der Waals surface area (Å²) < 4.78 is 5.58. The van der Waals surface area contributed by atoms with Crippen molar-refractivity contribution in [1.29, 1.82) is 0 Å². The molecule has 0 aliphatic heterocycles. The van der Waals surface area contributed by atoms with Crippen LogP contribution in [0.4, 0.5) is 11.9 Å². The van der Waals surface area contributed by atoms with Crippen LogP contribution < -0.4 is 10.9 Å². The molecule has 46 heavy (non-hydrogen) atoms. The van der Waals surface area contributed by atoms with Gasteiger partial charge in [0.25, 0.3) is 0 Å². The molecule has 2 N–H and O–H groups in total. The second-order valence-electron chi connectivity index (χ2n) is 10.2. The minimum atomic E-state index is 0.316. The molecule has 0 aliphatic carbocycles. The van der Waals surface area contributed by atoms with Crippen molar-refractivity contribution in [3.63, 3.8) is 0 Å². The van der Waals surface area contributed by atoms with Gasteiger partial charge in [-0.3, -0.25) is 15.6 Å². The maximum atomic E-state index is 11.3. The van der Waals surface area contributed by atoms with E-state index in [4.69, 9.17) is 34.3 Å². The molecular formula is C35H22N8O2S. The molecule has 0 spiro atoms. The van der Waals surface area contributed by atoms with Gasteiger partial charge in [0.05, 0.1) is 32.7 Å². The maximum absolute atomic E-state index is 11.3. The van der Waals surface area contributed by atoms with E-state index >= 15 is 0 Å². The van der Waals surface area contributed by atoms with Gasteiger partial charge in [0, 0.05) is 11.1 Å². The molecular weight excluding hydrogens is 597 g/mol. The number of hydrazine groups is 1. The van der Waals surface area contributed by atoms with E-state index in [1.807, 2.05) is 103 Å². The Labute approximate surface area is 265 Å². The first kappa shape index (κ1) is 27.2. The molecule has 0 bridgehead atoms. The van der Waals surface area contributed by atoms with Crippen LogP contribution >= 0.6 is 11.3 Å². The summed E-state index contributed by atoms with van der Waals surface area (Å²) in [6.45, 7) is 0. The quantitative estimate of drug-likeness (QED) is 0.128. The van der Waals surface area contributed by atoms with Gasteiger partial charge in [-0.2, -0.15) is 0 Å². The lowest BCUT2D eigenvalue weighted by Gasteiger charge is -2.13. The van der Waals surface area contributed by atoms with Crippen LogP contribution in [-0.4, -0.2) is 36.2 Å². The summed E-state index contributed by atoms with van der Waals surface area (Å²) in [5, 5.41) is 0. The highest BCUT2D eigenvalue weighted by Crippen LogP contribution is 2.32. The van der Waals surface area contributed by atoms with Crippen LogP contribution in [0.3, 0.4) is 0 Å². The number of aromatic nitrogens is 6. The fraction of sp³-hybridized carbons (Fsp3) is 0. The van der Waals surface area contributed by atoms with Gasteiger partial charge in [0.2, 0.25) is 11.9 Å². The van der Waals surface area contributed by atoms with Gasteiger partial charge in [-0.05, 0) is 48.5 Å². The van der Waals surface area contributed by atoms with Crippen LogP contribution in [0, 0.1) is 0 Å². The van der Waals surface area contributed by atoms with E-state index in [0.29, 0.717) is 61.7 Å². The highest BCUT2D eigenvalue weighted by Gasteiger charge is 2.16. The number of carbonyl (C=O) groups excluding carboxylic acids is 1. The molecule has 11 heteroatoms. The second kappa shape index (κ2) is 11.6. The van der Waals surface area contributed by atoms with Crippen LogP contribution in [0.1, 0.15) is 9.67 Å². The Bertz CT molecular complexity index is 2340. The van der Waals surface area contributed by atoms with Gasteiger partial charge in [0.1, 0.15) is 28.1 Å². The molecule has 10 nitrogen and oxygen atoms in total. The highest BCUT2D eigenvalue weighted by molar-refractivity contribution is 7.17. The number of nitrogens with one attached hydrogen (secondary N) is 2. The zero-order valence-corrected chi connectivity index (χ0v) is 24.8. The molecule has 220 valence electrons. The van der Waals surface area contributed by atoms with Gasteiger partial charge >= 0.3 is 0 Å². The van der Waals surface area contributed by atoms with Gasteiger partial charge in [-0.15, -0.1) is 11.3 Å². The second-order valence-corrected chi connectivity index (χ2v) is 11.3. The van der Waals surface area contributed by atoms with Crippen molar-refractivity contribution < 1.29 is 9.21 Å². The standard InChI is InChI=1S/C35H22N8O2S/c44-20-23-13-18-29(46-23)25-15-17-27-33(37-25)31(22-10-5-2-6-11-22)41-35(39-27)43-42-34-38-26-16-14-24(28-12-7-19-45-28)36-32(26)30(40-34)21-8-3-1-4-9-21/h1-20H,(H,38,40,42)(H,39,41,43). The van der Waals surface area contributed by atoms with Crippen molar-refractivity contribution in [1.82, 2.24) is 29.9 Å². The highest BCUT2D eigenvalue weighted by atomic mass is 32.1. The van der Waals surface area contributed by atoms with Gasteiger partial charge < -0.3 is 4.42 Å². The lowest BCUT2D eigenvalue weighted by atomic mass is 10.1. The number of carbonyl (C=O) groups is 1. The summed E-state index contributed by atoms with van der Waals surface area (Å²) >= 11 is 1.39. The van der Waals surface area contributed by atoms with E-state index in [-0.39, 0.29) is 0 Å². The predicted octanol–water partition coefficient (Wildman–Crippen LogP) is 7.94. The van der Waals surface area contributed by atoms with Gasteiger partial charge in [-0.25, -0.2) is 29.9 Å². The third-order valence-corrected chi connectivity index (χ3v) is 8.27. The number of aldehydes is 1. The molecule has 0 saturated carbocycles. The van der Waals surface area contributed by atoms with Crippen molar-refractivity contribution in [3.05, 3.63) is 120 Å². The minimum absolute atomic E-state index is 0.316.